The number of hydrogen-bond acceptors (Lipinski definition) is 6. The molecule has 3 rings (SSSR count). The molecule has 23 heavy (non-hydrogen) atoms. The minimum Gasteiger partial charge on any atom is -0.383 e. The van der Waals surface area contributed by atoms with Crippen molar-refractivity contribution in [2.75, 3.05) is 44.9 Å². The Morgan fingerprint density at radius 1 is 1.43 bits per heavy atom. The molecular formula is C16H24N4O3. The zero-order valence-electron chi connectivity index (χ0n) is 13.7. The first-order chi connectivity index (χ1) is 11.2. The highest BCUT2D eigenvalue weighted by atomic mass is 16.5. The first-order valence-corrected chi connectivity index (χ1v) is 8.12. The van der Waals surface area contributed by atoms with E-state index in [0.717, 1.165) is 31.1 Å². The van der Waals surface area contributed by atoms with Gasteiger partial charge < -0.3 is 19.7 Å². The Kier molecular flexibility index (Phi) is 5.07. The lowest BCUT2D eigenvalue weighted by Crippen LogP contribution is -2.53. The number of nitrogens with zero attached hydrogens (tertiary/aromatic N) is 3. The number of rotatable bonds is 5. The quantitative estimate of drug-likeness (QED) is 0.791. The summed E-state index contributed by atoms with van der Waals surface area (Å²) in [6.07, 6.45) is 1.03. The van der Waals surface area contributed by atoms with Gasteiger partial charge in [-0.1, -0.05) is 0 Å². The Hall–Kier alpha value is -1.73. The van der Waals surface area contributed by atoms with Crippen LogP contribution >= 0.6 is 0 Å². The molecule has 1 aromatic heterocycles. The van der Waals surface area contributed by atoms with Gasteiger partial charge in [0.2, 0.25) is 5.91 Å². The van der Waals surface area contributed by atoms with Crippen molar-refractivity contribution in [3.8, 4) is 0 Å². The van der Waals surface area contributed by atoms with Crippen LogP contribution in [0.5, 0.6) is 0 Å². The second kappa shape index (κ2) is 7.23. The Bertz CT molecular complexity index is 537. The standard InChI is InChI=1S/C16H24N4O3/c1-11-3-4-15(19-18-11)20-9-13(16(21)17-6-8-22-2)12-5-7-23-14(12)10-20/h3-4,12-14H,5-10H2,1-2H3,(H,17,21)/t12-,13-,14+/m1/s1. The van der Waals surface area contributed by atoms with Crippen LogP contribution in [-0.2, 0) is 14.3 Å². The molecule has 0 bridgehead atoms. The average Bonchev–Trinajstić information content (AvgIpc) is 3.03. The number of amides is 1. The van der Waals surface area contributed by atoms with E-state index in [-0.39, 0.29) is 23.8 Å². The van der Waals surface area contributed by atoms with Crippen molar-refractivity contribution in [1.29, 1.82) is 0 Å². The van der Waals surface area contributed by atoms with E-state index in [2.05, 4.69) is 20.4 Å². The maximum absolute atomic E-state index is 12.6. The number of hydrogen-bond donors (Lipinski definition) is 1. The third-order valence-corrected chi connectivity index (χ3v) is 4.64. The summed E-state index contributed by atoms with van der Waals surface area (Å²) in [7, 11) is 1.63. The number of nitrogens with one attached hydrogen (secondary N) is 1. The van der Waals surface area contributed by atoms with Crippen LogP contribution in [0.2, 0.25) is 0 Å². The Morgan fingerprint density at radius 3 is 3.04 bits per heavy atom. The van der Waals surface area contributed by atoms with Crippen LogP contribution in [0.25, 0.3) is 0 Å². The molecule has 0 unspecified atom stereocenters. The second-order valence-electron chi connectivity index (χ2n) is 6.19. The molecule has 2 aliphatic heterocycles. The van der Waals surface area contributed by atoms with E-state index in [1.807, 2.05) is 19.1 Å². The summed E-state index contributed by atoms with van der Waals surface area (Å²) >= 11 is 0. The van der Waals surface area contributed by atoms with Crippen LogP contribution in [0.1, 0.15) is 12.1 Å². The van der Waals surface area contributed by atoms with Crippen molar-refractivity contribution >= 4 is 11.7 Å². The molecule has 0 spiro atoms. The highest BCUT2D eigenvalue weighted by Gasteiger charge is 2.44. The van der Waals surface area contributed by atoms with Crippen molar-refractivity contribution in [2.45, 2.75) is 19.4 Å². The molecule has 7 nitrogen and oxygen atoms in total. The number of piperidine rings is 1. The molecule has 2 aliphatic rings. The number of methoxy groups -OCH3 is 1. The first kappa shape index (κ1) is 16.1. The van der Waals surface area contributed by atoms with Crippen LogP contribution in [0.4, 0.5) is 5.82 Å². The smallest absolute Gasteiger partial charge is 0.225 e. The monoisotopic (exact) mass is 320 g/mol. The zero-order valence-corrected chi connectivity index (χ0v) is 13.7. The minimum absolute atomic E-state index is 0.0762. The third kappa shape index (κ3) is 3.61. The molecule has 7 heteroatoms. The van der Waals surface area contributed by atoms with Crippen molar-refractivity contribution in [1.82, 2.24) is 15.5 Å². The molecule has 0 aromatic carbocycles. The van der Waals surface area contributed by atoms with Gasteiger partial charge in [-0.25, -0.2) is 0 Å². The van der Waals surface area contributed by atoms with Gasteiger partial charge in [-0.05, 0) is 25.5 Å². The first-order valence-electron chi connectivity index (χ1n) is 8.12. The van der Waals surface area contributed by atoms with Crippen LogP contribution in [-0.4, -0.2) is 62.2 Å². The van der Waals surface area contributed by atoms with E-state index in [1.54, 1.807) is 7.11 Å². The van der Waals surface area contributed by atoms with E-state index >= 15 is 0 Å². The van der Waals surface area contributed by atoms with Crippen LogP contribution in [0.3, 0.4) is 0 Å². The van der Waals surface area contributed by atoms with Gasteiger partial charge in [-0.2, -0.15) is 5.10 Å². The largest absolute Gasteiger partial charge is 0.383 e. The van der Waals surface area contributed by atoms with Crippen molar-refractivity contribution in [3.63, 3.8) is 0 Å². The Labute approximate surface area is 136 Å². The van der Waals surface area contributed by atoms with E-state index < -0.39 is 0 Å². The number of fused-ring (bicyclic) bond motifs is 1. The molecule has 1 amide bonds. The van der Waals surface area contributed by atoms with E-state index in [9.17, 15) is 4.79 Å². The molecule has 1 N–H and O–H groups in total. The zero-order chi connectivity index (χ0) is 16.2. The molecule has 2 saturated heterocycles. The molecule has 0 aliphatic carbocycles. The van der Waals surface area contributed by atoms with Gasteiger partial charge in [0.25, 0.3) is 0 Å². The van der Waals surface area contributed by atoms with Gasteiger partial charge in [0.15, 0.2) is 5.82 Å². The maximum atomic E-state index is 12.6. The SMILES string of the molecule is COCCNC(=O)[C@@H]1CN(c2ccc(C)nn2)C[C@@H]2OCC[C@@H]21. The summed E-state index contributed by atoms with van der Waals surface area (Å²) in [5.41, 5.74) is 0.884. The predicted molar refractivity (Wildman–Crippen MR) is 85.2 cm³/mol. The Morgan fingerprint density at radius 2 is 2.30 bits per heavy atom. The summed E-state index contributed by atoms with van der Waals surface area (Å²) in [5.74, 6) is 1.08. The Balaban J connectivity index is 1.72. The van der Waals surface area contributed by atoms with Crippen molar-refractivity contribution < 1.29 is 14.3 Å². The molecule has 2 fully saturated rings. The summed E-state index contributed by atoms with van der Waals surface area (Å²) in [4.78, 5) is 14.7. The molecule has 126 valence electrons. The number of anilines is 1. The fraction of sp³-hybridized carbons (Fsp3) is 0.688. The fourth-order valence-electron chi connectivity index (χ4n) is 3.41. The number of aromatic nitrogens is 2. The van der Waals surface area contributed by atoms with E-state index in [0.29, 0.717) is 19.7 Å². The number of ether oxygens (including phenoxy) is 2. The third-order valence-electron chi connectivity index (χ3n) is 4.64. The highest BCUT2D eigenvalue weighted by molar-refractivity contribution is 5.80. The van der Waals surface area contributed by atoms with Gasteiger partial charge in [0.1, 0.15) is 0 Å². The van der Waals surface area contributed by atoms with Gasteiger partial charge in [0, 0.05) is 39.3 Å². The molecule has 0 saturated carbocycles. The lowest BCUT2D eigenvalue weighted by atomic mass is 9.82. The fourth-order valence-corrected chi connectivity index (χ4v) is 3.41. The summed E-state index contributed by atoms with van der Waals surface area (Å²) in [6, 6.07) is 3.90. The van der Waals surface area contributed by atoms with Crippen LogP contribution in [0.15, 0.2) is 12.1 Å². The number of carbonyl (C=O) groups excluding carboxylic acids is 1. The van der Waals surface area contributed by atoms with E-state index in [4.69, 9.17) is 9.47 Å². The van der Waals surface area contributed by atoms with Gasteiger partial charge in [0.05, 0.1) is 24.3 Å². The predicted octanol–water partition coefficient (Wildman–Crippen LogP) is 0.389. The second-order valence-corrected chi connectivity index (χ2v) is 6.19. The number of carbonyl (C=O) groups is 1. The normalized spacial score (nSPS) is 26.9. The van der Waals surface area contributed by atoms with Crippen molar-refractivity contribution in [2.24, 2.45) is 11.8 Å². The molecule has 3 heterocycles. The maximum Gasteiger partial charge on any atom is 0.225 e. The van der Waals surface area contributed by atoms with Gasteiger partial charge in [-0.15, -0.1) is 5.10 Å². The minimum atomic E-state index is -0.0868. The summed E-state index contributed by atoms with van der Waals surface area (Å²) in [6.45, 7) is 5.12. The molecule has 1 aromatic rings. The molecule has 3 atom stereocenters. The van der Waals surface area contributed by atoms with Crippen LogP contribution in [0, 0.1) is 18.8 Å². The lowest BCUT2D eigenvalue weighted by molar-refractivity contribution is -0.128. The topological polar surface area (TPSA) is 76.6 Å². The average molecular weight is 320 g/mol. The van der Waals surface area contributed by atoms with Crippen LogP contribution < -0.4 is 10.2 Å². The molecular weight excluding hydrogens is 296 g/mol. The van der Waals surface area contributed by atoms with Gasteiger partial charge in [-0.3, -0.25) is 4.79 Å². The molecule has 0 radical (unpaired) electrons. The lowest BCUT2D eigenvalue weighted by Gasteiger charge is -2.39. The van der Waals surface area contributed by atoms with Crippen molar-refractivity contribution in [3.05, 3.63) is 17.8 Å². The van der Waals surface area contributed by atoms with E-state index in [1.165, 1.54) is 0 Å². The summed E-state index contributed by atoms with van der Waals surface area (Å²) < 4.78 is 10.8. The highest BCUT2D eigenvalue weighted by Crippen LogP contribution is 2.35. The van der Waals surface area contributed by atoms with Gasteiger partial charge >= 0.3 is 0 Å². The number of aryl methyl sites for hydroxylation is 1. The summed E-state index contributed by atoms with van der Waals surface area (Å²) in [5, 5.41) is 11.3.